The molecule has 0 spiro atoms. The van der Waals surface area contributed by atoms with Gasteiger partial charge >= 0.3 is 6.18 Å². The first-order valence-corrected chi connectivity index (χ1v) is 15.2. The van der Waals surface area contributed by atoms with Crippen LogP contribution in [-0.2, 0) is 21.9 Å². The van der Waals surface area contributed by atoms with Crippen molar-refractivity contribution in [2.75, 3.05) is 38.8 Å². The second-order valence-corrected chi connectivity index (χ2v) is 13.0. The number of halogens is 3. The van der Waals surface area contributed by atoms with E-state index in [4.69, 9.17) is 10.5 Å². The molecule has 4 rings (SSSR count). The number of nitrogens with one attached hydrogen (secondary N) is 1. The lowest BCUT2D eigenvalue weighted by Gasteiger charge is -2.40. The maximum absolute atomic E-state index is 13.6. The molecule has 0 bridgehead atoms. The summed E-state index contributed by atoms with van der Waals surface area (Å²) < 4.78 is 71.9. The van der Waals surface area contributed by atoms with Gasteiger partial charge in [0.2, 0.25) is 0 Å². The van der Waals surface area contributed by atoms with Crippen LogP contribution in [-0.4, -0.2) is 63.6 Å². The number of aromatic nitrogens is 1. The molecule has 1 aliphatic rings. The van der Waals surface area contributed by atoms with Gasteiger partial charge in [-0.1, -0.05) is 25.0 Å². The predicted molar refractivity (Wildman–Crippen MR) is 156 cm³/mol. The van der Waals surface area contributed by atoms with Gasteiger partial charge in [-0.05, 0) is 75.5 Å². The van der Waals surface area contributed by atoms with Gasteiger partial charge in [-0.2, -0.15) is 13.2 Å². The van der Waals surface area contributed by atoms with Crippen LogP contribution in [0.25, 0.3) is 10.9 Å². The van der Waals surface area contributed by atoms with Gasteiger partial charge in [0.15, 0.2) is 9.84 Å². The molecule has 2 aromatic carbocycles. The quantitative estimate of drug-likeness (QED) is 0.354. The standard InChI is InChI=1S/C30H37F3N4O3S/c1-5-41(38,39)23-11-12-26(28(19-23)40-4)35-17-7-8-22-18-24-25(29(34)15-13-21(14-16-29)36(2)3)9-6-10-27(24)37(22)20-30(31,32)33/h6,9-12,18-19,21,35H,5,13-17,20,34H2,1-4H3. The molecule has 3 aromatic rings. The van der Waals surface area contributed by atoms with Crippen molar-refractivity contribution in [1.82, 2.24) is 9.47 Å². The SMILES string of the molecule is CCS(=O)(=O)c1ccc(NCC#Cc2cc3c(C4(N)CCC(N(C)C)CC4)cccc3n2CC(F)(F)F)c(OC)c1. The first-order valence-electron chi connectivity index (χ1n) is 13.6. The minimum absolute atomic E-state index is 0.0378. The highest BCUT2D eigenvalue weighted by molar-refractivity contribution is 7.91. The molecular weight excluding hydrogens is 553 g/mol. The Morgan fingerprint density at radius 1 is 1.17 bits per heavy atom. The third kappa shape index (κ3) is 6.83. The fourth-order valence-electron chi connectivity index (χ4n) is 5.53. The van der Waals surface area contributed by atoms with E-state index in [1.165, 1.54) is 23.8 Å². The maximum Gasteiger partial charge on any atom is 0.406 e. The summed E-state index contributed by atoms with van der Waals surface area (Å²) in [5.41, 5.74) is 8.35. The van der Waals surface area contributed by atoms with Crippen molar-refractivity contribution >= 4 is 26.4 Å². The van der Waals surface area contributed by atoms with Crippen LogP contribution in [0.15, 0.2) is 47.4 Å². The summed E-state index contributed by atoms with van der Waals surface area (Å²) >= 11 is 0. The van der Waals surface area contributed by atoms with Crippen LogP contribution in [0.3, 0.4) is 0 Å². The third-order valence-corrected chi connectivity index (χ3v) is 9.63. The van der Waals surface area contributed by atoms with E-state index in [1.807, 2.05) is 20.2 Å². The Labute approximate surface area is 239 Å². The Balaban J connectivity index is 1.64. The molecule has 222 valence electrons. The monoisotopic (exact) mass is 590 g/mol. The number of nitrogens with two attached hydrogens (primary N) is 1. The molecule has 0 atom stereocenters. The van der Waals surface area contributed by atoms with Gasteiger partial charge in [0.25, 0.3) is 0 Å². The number of ether oxygens (including phenoxy) is 1. The number of methoxy groups -OCH3 is 1. The van der Waals surface area contributed by atoms with Crippen molar-refractivity contribution in [3.05, 3.63) is 53.7 Å². The summed E-state index contributed by atoms with van der Waals surface area (Å²) in [6, 6.07) is 12.0. The van der Waals surface area contributed by atoms with Crippen molar-refractivity contribution in [2.45, 2.75) is 61.8 Å². The lowest BCUT2D eigenvalue weighted by atomic mass is 9.74. The van der Waals surface area contributed by atoms with Crippen LogP contribution in [0, 0.1) is 11.8 Å². The highest BCUT2D eigenvalue weighted by Gasteiger charge is 2.36. The Bertz CT molecular complexity index is 1560. The molecule has 11 heteroatoms. The van der Waals surface area contributed by atoms with Crippen molar-refractivity contribution < 1.29 is 26.3 Å². The zero-order chi connectivity index (χ0) is 30.0. The first kappa shape index (κ1) is 30.8. The molecule has 1 aromatic heterocycles. The van der Waals surface area contributed by atoms with E-state index in [9.17, 15) is 21.6 Å². The van der Waals surface area contributed by atoms with Crippen molar-refractivity contribution in [3.63, 3.8) is 0 Å². The molecule has 0 unspecified atom stereocenters. The molecule has 7 nitrogen and oxygen atoms in total. The van der Waals surface area contributed by atoms with Gasteiger partial charge in [0, 0.05) is 28.6 Å². The number of rotatable bonds is 8. The average molecular weight is 591 g/mol. The Morgan fingerprint density at radius 2 is 1.88 bits per heavy atom. The van der Waals surface area contributed by atoms with Gasteiger partial charge in [-0.15, -0.1) is 0 Å². The number of fused-ring (bicyclic) bond motifs is 1. The third-order valence-electron chi connectivity index (χ3n) is 7.89. The van der Waals surface area contributed by atoms with Gasteiger partial charge in [0.05, 0.1) is 35.7 Å². The summed E-state index contributed by atoms with van der Waals surface area (Å²) in [4.78, 5) is 2.34. The Morgan fingerprint density at radius 3 is 2.49 bits per heavy atom. The van der Waals surface area contributed by atoms with Gasteiger partial charge in [0.1, 0.15) is 12.3 Å². The van der Waals surface area contributed by atoms with E-state index in [-0.39, 0.29) is 22.9 Å². The van der Waals surface area contributed by atoms with Crippen LogP contribution in [0.5, 0.6) is 5.75 Å². The molecule has 0 radical (unpaired) electrons. The van der Waals surface area contributed by atoms with E-state index < -0.39 is 28.1 Å². The largest absolute Gasteiger partial charge is 0.495 e. The van der Waals surface area contributed by atoms with Crippen LogP contribution in [0.4, 0.5) is 18.9 Å². The van der Waals surface area contributed by atoms with Gasteiger partial charge in [-0.3, -0.25) is 0 Å². The molecular formula is C30H37F3N4O3S. The summed E-state index contributed by atoms with van der Waals surface area (Å²) in [5.74, 6) is 6.11. The summed E-state index contributed by atoms with van der Waals surface area (Å²) in [6.07, 6.45) is -1.13. The van der Waals surface area contributed by atoms with E-state index >= 15 is 0 Å². The number of nitrogens with zero attached hydrogens (tertiary/aromatic N) is 2. The molecule has 1 heterocycles. The molecule has 0 aliphatic heterocycles. The number of anilines is 1. The average Bonchev–Trinajstić information content (AvgIpc) is 3.26. The van der Waals surface area contributed by atoms with Crippen LogP contribution >= 0.6 is 0 Å². The van der Waals surface area contributed by atoms with E-state index in [2.05, 4.69) is 22.1 Å². The molecule has 3 N–H and O–H groups in total. The first-order chi connectivity index (χ1) is 19.3. The summed E-state index contributed by atoms with van der Waals surface area (Å²) in [5, 5.41) is 3.76. The van der Waals surface area contributed by atoms with E-state index in [0.29, 0.717) is 28.4 Å². The highest BCUT2D eigenvalue weighted by atomic mass is 32.2. The van der Waals surface area contributed by atoms with Crippen molar-refractivity contribution in [2.24, 2.45) is 5.73 Å². The number of hydrogen-bond donors (Lipinski definition) is 2. The van der Waals surface area contributed by atoms with Gasteiger partial charge in [-0.25, -0.2) is 8.42 Å². The molecule has 1 aliphatic carbocycles. The predicted octanol–water partition coefficient (Wildman–Crippen LogP) is 5.13. The van der Waals surface area contributed by atoms with E-state index in [0.717, 1.165) is 31.2 Å². The number of benzene rings is 2. The van der Waals surface area contributed by atoms with Crippen LogP contribution in [0.1, 0.15) is 43.9 Å². The van der Waals surface area contributed by atoms with Crippen molar-refractivity contribution in [1.29, 1.82) is 0 Å². The Kier molecular flexibility index (Phi) is 8.97. The summed E-state index contributed by atoms with van der Waals surface area (Å²) in [6.45, 7) is 0.496. The normalized spacial score (nSPS) is 19.7. The number of alkyl halides is 3. The van der Waals surface area contributed by atoms with Crippen LogP contribution < -0.4 is 15.8 Å². The number of sulfone groups is 1. The van der Waals surface area contributed by atoms with E-state index in [1.54, 1.807) is 31.2 Å². The number of hydrogen-bond acceptors (Lipinski definition) is 6. The Hall–Kier alpha value is -3.20. The molecule has 1 fully saturated rings. The minimum atomic E-state index is -4.44. The second-order valence-electron chi connectivity index (χ2n) is 10.7. The zero-order valence-electron chi connectivity index (χ0n) is 23.8. The zero-order valence-corrected chi connectivity index (χ0v) is 24.6. The molecule has 41 heavy (non-hydrogen) atoms. The fourth-order valence-corrected chi connectivity index (χ4v) is 6.42. The fraction of sp³-hybridized carbons (Fsp3) is 0.467. The van der Waals surface area contributed by atoms with Gasteiger partial charge < -0.3 is 25.3 Å². The minimum Gasteiger partial charge on any atom is -0.495 e. The topological polar surface area (TPSA) is 89.6 Å². The maximum atomic E-state index is 13.6. The smallest absolute Gasteiger partial charge is 0.406 e. The second kappa shape index (κ2) is 12.0. The molecule has 0 amide bonds. The molecule has 0 saturated heterocycles. The van der Waals surface area contributed by atoms with Crippen LogP contribution in [0.2, 0.25) is 0 Å². The highest BCUT2D eigenvalue weighted by Crippen LogP contribution is 2.40. The lowest BCUT2D eigenvalue weighted by Crippen LogP contribution is -2.44. The molecule has 1 saturated carbocycles. The lowest BCUT2D eigenvalue weighted by molar-refractivity contribution is -0.140. The summed E-state index contributed by atoms with van der Waals surface area (Å²) in [7, 11) is 2.12. The van der Waals surface area contributed by atoms with Crippen molar-refractivity contribution in [3.8, 4) is 17.6 Å².